The number of nitrogens with one attached hydrogen (secondary N) is 1. The molecule has 1 aromatic carbocycles. The van der Waals surface area contributed by atoms with E-state index in [1.807, 2.05) is 19.1 Å². The summed E-state index contributed by atoms with van der Waals surface area (Å²) in [5, 5.41) is 22.4. The second-order valence-electron chi connectivity index (χ2n) is 16.4. The zero-order valence-electron chi connectivity index (χ0n) is 27.6. The van der Waals surface area contributed by atoms with Gasteiger partial charge in [0.15, 0.2) is 0 Å². The summed E-state index contributed by atoms with van der Waals surface area (Å²) >= 11 is 0. The largest absolute Gasteiger partial charge is 0.393 e. The molecule has 4 aliphatic carbocycles. The van der Waals surface area contributed by atoms with Gasteiger partial charge in [0.05, 0.1) is 17.1 Å². The molecule has 5 rings (SSSR count). The Morgan fingerprint density at radius 2 is 1.60 bits per heavy atom. The highest BCUT2D eigenvalue weighted by atomic mass is 32.2. The number of fused-ring (bicyclic) bond motifs is 5. The van der Waals surface area contributed by atoms with Gasteiger partial charge in [-0.15, -0.1) is 0 Å². The van der Waals surface area contributed by atoms with Crippen molar-refractivity contribution in [1.29, 1.82) is 0 Å². The Morgan fingerprint density at radius 1 is 0.977 bits per heavy atom. The molecule has 0 spiro atoms. The first kappa shape index (κ1) is 32.9. The Bertz CT molecular complexity index is 1270. The van der Waals surface area contributed by atoms with Crippen molar-refractivity contribution in [2.75, 3.05) is 0 Å². The van der Waals surface area contributed by atoms with Gasteiger partial charge in [-0.25, -0.2) is 13.1 Å². The molecular formula is C36H57NO5S. The van der Waals surface area contributed by atoms with Crippen LogP contribution in [0.15, 0.2) is 29.2 Å². The van der Waals surface area contributed by atoms with Gasteiger partial charge < -0.3 is 10.2 Å². The van der Waals surface area contributed by atoms with Gasteiger partial charge in [0.25, 0.3) is 10.0 Å². The van der Waals surface area contributed by atoms with Gasteiger partial charge in [0.2, 0.25) is 5.91 Å². The number of amides is 1. The number of carbonyl (C=O) groups excluding carboxylic acids is 1. The van der Waals surface area contributed by atoms with Crippen molar-refractivity contribution in [3.8, 4) is 0 Å². The summed E-state index contributed by atoms with van der Waals surface area (Å²) in [4.78, 5) is 13.2. The fourth-order valence-corrected chi connectivity index (χ4v) is 11.6. The Hall–Kier alpha value is -1.44. The normalized spacial score (nSPS) is 40.2. The van der Waals surface area contributed by atoms with Gasteiger partial charge in [-0.05, 0) is 127 Å². The van der Waals surface area contributed by atoms with Gasteiger partial charge in [-0.3, -0.25) is 4.79 Å². The maximum absolute atomic E-state index is 13.1. The van der Waals surface area contributed by atoms with Crippen LogP contribution in [0.1, 0.15) is 118 Å². The fraction of sp³-hybridized carbons (Fsp3) is 0.806. The molecule has 4 aliphatic rings. The van der Waals surface area contributed by atoms with E-state index in [0.717, 1.165) is 63.4 Å². The third-order valence-corrected chi connectivity index (χ3v) is 14.6. The molecule has 0 radical (unpaired) electrons. The van der Waals surface area contributed by atoms with E-state index in [4.69, 9.17) is 0 Å². The third-order valence-electron chi connectivity index (χ3n) is 13.2. The zero-order valence-corrected chi connectivity index (χ0v) is 28.4. The van der Waals surface area contributed by atoms with Gasteiger partial charge in [0, 0.05) is 5.92 Å². The highest BCUT2D eigenvalue weighted by molar-refractivity contribution is 7.90. The molecular weight excluding hydrogens is 558 g/mol. The Kier molecular flexibility index (Phi) is 8.99. The van der Waals surface area contributed by atoms with E-state index in [9.17, 15) is 23.4 Å². The topological polar surface area (TPSA) is 104 Å². The molecule has 0 saturated heterocycles. The lowest BCUT2D eigenvalue weighted by Crippen LogP contribution is -2.62. The second-order valence-corrected chi connectivity index (χ2v) is 18.1. The van der Waals surface area contributed by atoms with Crippen molar-refractivity contribution < 1.29 is 23.4 Å². The first-order chi connectivity index (χ1) is 20.0. The van der Waals surface area contributed by atoms with Crippen LogP contribution in [0.5, 0.6) is 0 Å². The van der Waals surface area contributed by atoms with Gasteiger partial charge in [0.1, 0.15) is 0 Å². The van der Waals surface area contributed by atoms with Crippen LogP contribution in [0.2, 0.25) is 0 Å². The Labute approximate surface area is 260 Å². The van der Waals surface area contributed by atoms with E-state index >= 15 is 0 Å². The van der Waals surface area contributed by atoms with E-state index in [1.54, 1.807) is 12.1 Å². The van der Waals surface area contributed by atoms with E-state index in [1.165, 1.54) is 0 Å². The minimum Gasteiger partial charge on any atom is -0.393 e. The summed E-state index contributed by atoms with van der Waals surface area (Å²) in [7, 11) is -3.92. The van der Waals surface area contributed by atoms with Crippen LogP contribution in [0.4, 0.5) is 0 Å². The molecule has 6 nitrogen and oxygen atoms in total. The number of benzene rings is 1. The average molecular weight is 616 g/mol. The molecule has 4 fully saturated rings. The minimum absolute atomic E-state index is 0.0816. The van der Waals surface area contributed by atoms with Crippen LogP contribution in [0, 0.1) is 52.3 Å². The SMILES string of the molecule is CC[C@H]1[C@@H](O)[C@@H]2[C@H](CC[C@]3(C)[C@@H](CC[C@H](C)C(=O)NS(=O)(=O)c4ccc(C(C)(C)C)cc4)CC[C@@H]23)[C@@]2(C)CC[C@@H](O)C[C@@H]12. The van der Waals surface area contributed by atoms with Crippen molar-refractivity contribution in [1.82, 2.24) is 4.72 Å². The molecule has 0 heterocycles. The number of sulfonamides is 1. The number of rotatable bonds is 7. The number of carbonyl (C=O) groups is 1. The van der Waals surface area contributed by atoms with Crippen LogP contribution in [-0.2, 0) is 20.2 Å². The Morgan fingerprint density at radius 3 is 2.23 bits per heavy atom. The van der Waals surface area contributed by atoms with E-state index in [0.29, 0.717) is 36.0 Å². The van der Waals surface area contributed by atoms with Gasteiger partial charge in [-0.1, -0.05) is 67.0 Å². The molecule has 43 heavy (non-hydrogen) atoms. The summed E-state index contributed by atoms with van der Waals surface area (Å²) in [5.41, 5.74) is 1.28. The quantitative estimate of drug-likeness (QED) is 0.312. The van der Waals surface area contributed by atoms with E-state index < -0.39 is 21.8 Å². The van der Waals surface area contributed by atoms with E-state index in [2.05, 4.69) is 46.3 Å². The van der Waals surface area contributed by atoms with E-state index in [-0.39, 0.29) is 39.3 Å². The standard InChI is InChI=1S/C36H57NO5S/c1-8-27-30-21-25(38)17-19-36(30,7)29-18-20-35(6)24(13-16-28(35)31(29)32(27)39)10-9-22(2)33(40)37-43(41,42)26-14-11-23(12-15-26)34(3,4)5/h11-12,14-15,22,24-25,27-32,38-39H,8-10,13,16-21H2,1-7H3,(H,37,40)/t22-,24-,25+,27+,28-,29-,30-,31-,32+,35+,36+/m0/s1. The summed E-state index contributed by atoms with van der Waals surface area (Å²) in [5.74, 6) is 1.57. The van der Waals surface area contributed by atoms with Crippen LogP contribution < -0.4 is 4.72 Å². The summed E-state index contributed by atoms with van der Waals surface area (Å²) < 4.78 is 28.3. The molecule has 1 aromatic rings. The number of aliphatic hydroxyl groups excluding tert-OH is 2. The van der Waals surface area contributed by atoms with Gasteiger partial charge in [-0.2, -0.15) is 0 Å². The Balaban J connectivity index is 1.23. The van der Waals surface area contributed by atoms with Crippen LogP contribution >= 0.6 is 0 Å². The van der Waals surface area contributed by atoms with Crippen LogP contribution in [0.3, 0.4) is 0 Å². The summed E-state index contributed by atoms with van der Waals surface area (Å²) in [6, 6.07) is 6.80. The first-order valence-electron chi connectivity index (χ1n) is 17.1. The molecule has 242 valence electrons. The number of hydrogen-bond donors (Lipinski definition) is 3. The third kappa shape index (κ3) is 5.85. The fourth-order valence-electron chi connectivity index (χ4n) is 10.5. The van der Waals surface area contributed by atoms with Crippen molar-refractivity contribution in [3.63, 3.8) is 0 Å². The zero-order chi connectivity index (χ0) is 31.5. The predicted octanol–water partition coefficient (Wildman–Crippen LogP) is 6.83. The maximum atomic E-state index is 13.1. The maximum Gasteiger partial charge on any atom is 0.264 e. The second kappa shape index (κ2) is 11.7. The highest BCUT2D eigenvalue weighted by Crippen LogP contribution is 2.69. The average Bonchev–Trinajstić information content (AvgIpc) is 3.28. The lowest BCUT2D eigenvalue weighted by Gasteiger charge is -2.64. The van der Waals surface area contributed by atoms with Crippen LogP contribution in [0.25, 0.3) is 0 Å². The van der Waals surface area contributed by atoms with Crippen molar-refractivity contribution >= 4 is 15.9 Å². The lowest BCUT2D eigenvalue weighted by molar-refractivity contribution is -0.202. The molecule has 0 bridgehead atoms. The molecule has 11 atom stereocenters. The molecule has 3 N–H and O–H groups in total. The van der Waals surface area contributed by atoms with Crippen molar-refractivity contribution in [2.24, 2.45) is 52.3 Å². The molecule has 0 aliphatic heterocycles. The first-order valence-corrected chi connectivity index (χ1v) is 18.5. The minimum atomic E-state index is -3.92. The van der Waals surface area contributed by atoms with Gasteiger partial charge >= 0.3 is 0 Å². The number of aliphatic hydroxyl groups is 2. The summed E-state index contributed by atoms with van der Waals surface area (Å²) in [6.07, 6.45) is 9.26. The summed E-state index contributed by atoms with van der Waals surface area (Å²) in [6.45, 7) is 15.2. The predicted molar refractivity (Wildman–Crippen MR) is 171 cm³/mol. The lowest BCUT2D eigenvalue weighted by atomic mass is 9.41. The molecule has 0 aromatic heterocycles. The molecule has 4 saturated carbocycles. The molecule has 7 heteroatoms. The van der Waals surface area contributed by atoms with Crippen LogP contribution in [-0.4, -0.2) is 36.7 Å². The van der Waals surface area contributed by atoms with Crippen molar-refractivity contribution in [2.45, 2.75) is 135 Å². The van der Waals surface area contributed by atoms with Crippen molar-refractivity contribution in [3.05, 3.63) is 29.8 Å². The highest BCUT2D eigenvalue weighted by Gasteiger charge is 2.64. The number of hydrogen-bond acceptors (Lipinski definition) is 5. The smallest absolute Gasteiger partial charge is 0.264 e. The molecule has 0 unspecified atom stereocenters. The monoisotopic (exact) mass is 615 g/mol. The molecule has 1 amide bonds.